The summed E-state index contributed by atoms with van der Waals surface area (Å²) in [6, 6.07) is 9.88. The van der Waals surface area contributed by atoms with E-state index < -0.39 is 18.0 Å². The van der Waals surface area contributed by atoms with E-state index >= 15 is 0 Å². The number of anilines is 2. The lowest BCUT2D eigenvalue weighted by Gasteiger charge is -2.09. The molecule has 6 nitrogen and oxygen atoms in total. The molecule has 0 fully saturated rings. The molecule has 2 amide bonds. The number of rotatable bonds is 3. The van der Waals surface area contributed by atoms with Crippen LogP contribution in [-0.2, 0) is 4.74 Å². The van der Waals surface area contributed by atoms with Crippen molar-refractivity contribution in [2.75, 3.05) is 17.7 Å². The molecule has 0 aliphatic carbocycles. The summed E-state index contributed by atoms with van der Waals surface area (Å²) in [5.41, 5.74) is 0.678. The number of benzene rings is 2. The lowest BCUT2D eigenvalue weighted by Crippen LogP contribution is -2.17. The van der Waals surface area contributed by atoms with Gasteiger partial charge in [0.1, 0.15) is 11.6 Å². The second-order valence-corrected chi connectivity index (χ2v) is 4.70. The van der Waals surface area contributed by atoms with E-state index in [0.717, 1.165) is 6.07 Å². The van der Waals surface area contributed by atoms with Crippen LogP contribution in [-0.4, -0.2) is 19.3 Å². The van der Waals surface area contributed by atoms with Crippen molar-refractivity contribution >= 4 is 35.2 Å². The van der Waals surface area contributed by atoms with Gasteiger partial charge < -0.3 is 9.47 Å². The number of ether oxygens (including phenoxy) is 2. The first kappa shape index (κ1) is 16.6. The van der Waals surface area contributed by atoms with Gasteiger partial charge in [-0.25, -0.2) is 14.0 Å². The fourth-order valence-electron chi connectivity index (χ4n) is 1.63. The largest absolute Gasteiger partial charge is 0.453 e. The fraction of sp³-hybridized carbons (Fsp3) is 0.0667. The van der Waals surface area contributed by atoms with Crippen LogP contribution in [0, 0.1) is 5.82 Å². The summed E-state index contributed by atoms with van der Waals surface area (Å²) in [6.07, 6.45) is -1.43. The quantitative estimate of drug-likeness (QED) is 0.876. The highest BCUT2D eigenvalue weighted by Gasteiger charge is 2.08. The molecule has 0 aliphatic rings. The van der Waals surface area contributed by atoms with Crippen LogP contribution < -0.4 is 15.4 Å². The number of nitrogens with one attached hydrogen (secondary N) is 2. The van der Waals surface area contributed by atoms with Gasteiger partial charge in [-0.05, 0) is 30.3 Å². The molecule has 2 aromatic rings. The van der Waals surface area contributed by atoms with Gasteiger partial charge in [0, 0.05) is 17.4 Å². The Balaban J connectivity index is 2.00. The van der Waals surface area contributed by atoms with Crippen LogP contribution in [0.2, 0.25) is 5.02 Å². The fourth-order valence-corrected chi connectivity index (χ4v) is 1.81. The zero-order chi connectivity index (χ0) is 16.8. The van der Waals surface area contributed by atoms with Crippen molar-refractivity contribution in [2.45, 2.75) is 0 Å². The zero-order valence-electron chi connectivity index (χ0n) is 11.9. The van der Waals surface area contributed by atoms with Gasteiger partial charge in [-0.3, -0.25) is 10.6 Å². The average molecular weight is 339 g/mol. The van der Waals surface area contributed by atoms with Crippen LogP contribution in [0.3, 0.4) is 0 Å². The van der Waals surface area contributed by atoms with Crippen molar-refractivity contribution in [3.63, 3.8) is 0 Å². The lowest BCUT2D eigenvalue weighted by atomic mass is 10.3. The van der Waals surface area contributed by atoms with E-state index in [2.05, 4.69) is 15.4 Å². The summed E-state index contributed by atoms with van der Waals surface area (Å²) < 4.78 is 22.6. The minimum Gasteiger partial charge on any atom is -0.453 e. The van der Waals surface area contributed by atoms with Gasteiger partial charge in [-0.15, -0.1) is 0 Å². The van der Waals surface area contributed by atoms with Gasteiger partial charge in [0.25, 0.3) is 0 Å². The highest BCUT2D eigenvalue weighted by molar-refractivity contribution is 6.31. The van der Waals surface area contributed by atoms with Gasteiger partial charge in [-0.1, -0.05) is 17.7 Å². The van der Waals surface area contributed by atoms with Crippen molar-refractivity contribution in [1.82, 2.24) is 0 Å². The van der Waals surface area contributed by atoms with Crippen LogP contribution in [0.1, 0.15) is 0 Å². The number of methoxy groups -OCH3 is 1. The first-order valence-corrected chi connectivity index (χ1v) is 6.74. The lowest BCUT2D eigenvalue weighted by molar-refractivity contribution is 0.187. The van der Waals surface area contributed by atoms with Gasteiger partial charge in [0.05, 0.1) is 12.1 Å². The van der Waals surface area contributed by atoms with E-state index in [1.54, 1.807) is 12.1 Å². The molecule has 0 unspecified atom stereocenters. The molecule has 0 saturated carbocycles. The van der Waals surface area contributed by atoms with Crippen LogP contribution >= 0.6 is 11.6 Å². The summed E-state index contributed by atoms with van der Waals surface area (Å²) in [5, 5.41) is 4.72. The van der Waals surface area contributed by atoms with E-state index in [4.69, 9.17) is 16.3 Å². The first-order valence-electron chi connectivity index (χ1n) is 6.37. The predicted molar refractivity (Wildman–Crippen MR) is 83.5 cm³/mol. The van der Waals surface area contributed by atoms with E-state index in [-0.39, 0.29) is 16.5 Å². The topological polar surface area (TPSA) is 76.7 Å². The first-order chi connectivity index (χ1) is 11.0. The van der Waals surface area contributed by atoms with Gasteiger partial charge in [0.2, 0.25) is 0 Å². The molecule has 120 valence electrons. The molecular formula is C15H12ClFN2O4. The normalized spacial score (nSPS) is 9.87. The molecule has 0 atom stereocenters. The van der Waals surface area contributed by atoms with Gasteiger partial charge in [0.15, 0.2) is 0 Å². The second-order valence-electron chi connectivity index (χ2n) is 4.29. The number of halogens is 2. The van der Waals surface area contributed by atoms with Crippen LogP contribution in [0.25, 0.3) is 0 Å². The standard InChI is InChI=1S/C15H12ClFN2O4/c1-22-14(20)18-9-3-2-4-11(7-9)23-15(21)19-10-5-6-13(17)12(16)8-10/h2-8H,1H3,(H,18,20)(H,19,21). The van der Waals surface area contributed by atoms with E-state index in [9.17, 15) is 14.0 Å². The SMILES string of the molecule is COC(=O)Nc1cccc(OC(=O)Nc2ccc(F)c(Cl)c2)c1. The molecule has 0 radical (unpaired) electrons. The molecule has 0 aromatic heterocycles. The van der Waals surface area contributed by atoms with Gasteiger partial charge in [-0.2, -0.15) is 0 Å². The van der Waals surface area contributed by atoms with Crippen LogP contribution in [0.15, 0.2) is 42.5 Å². The molecular weight excluding hydrogens is 327 g/mol. The summed E-state index contributed by atoms with van der Waals surface area (Å²) in [6.45, 7) is 0. The monoisotopic (exact) mass is 338 g/mol. The third-order valence-corrected chi connectivity index (χ3v) is 2.93. The van der Waals surface area contributed by atoms with Crippen molar-refractivity contribution in [3.8, 4) is 5.75 Å². The molecule has 2 rings (SSSR count). The van der Waals surface area contributed by atoms with Crippen LogP contribution in [0.4, 0.5) is 25.4 Å². The Kier molecular flexibility index (Phi) is 5.37. The van der Waals surface area contributed by atoms with E-state index in [0.29, 0.717) is 5.69 Å². The van der Waals surface area contributed by atoms with Gasteiger partial charge >= 0.3 is 12.2 Å². The Morgan fingerprint density at radius 3 is 2.43 bits per heavy atom. The van der Waals surface area contributed by atoms with Crippen molar-refractivity contribution in [3.05, 3.63) is 53.3 Å². The minimum absolute atomic E-state index is 0.118. The van der Waals surface area contributed by atoms with E-state index in [1.807, 2.05) is 0 Å². The molecule has 0 aliphatic heterocycles. The Morgan fingerprint density at radius 1 is 1.04 bits per heavy atom. The van der Waals surface area contributed by atoms with Crippen molar-refractivity contribution in [2.24, 2.45) is 0 Å². The number of amides is 2. The number of hydrogen-bond acceptors (Lipinski definition) is 4. The smallest absolute Gasteiger partial charge is 0.417 e. The highest BCUT2D eigenvalue weighted by Crippen LogP contribution is 2.21. The maximum absolute atomic E-state index is 13.0. The average Bonchev–Trinajstić information content (AvgIpc) is 2.51. The third kappa shape index (κ3) is 4.86. The molecule has 23 heavy (non-hydrogen) atoms. The Morgan fingerprint density at radius 2 is 1.74 bits per heavy atom. The maximum atomic E-state index is 13.0. The molecule has 0 bridgehead atoms. The number of hydrogen-bond donors (Lipinski definition) is 2. The molecule has 0 saturated heterocycles. The Bertz CT molecular complexity index is 739. The molecule has 0 heterocycles. The highest BCUT2D eigenvalue weighted by atomic mass is 35.5. The number of carbonyl (C=O) groups excluding carboxylic acids is 2. The molecule has 2 N–H and O–H groups in total. The predicted octanol–water partition coefficient (Wildman–Crippen LogP) is 4.27. The molecule has 8 heteroatoms. The zero-order valence-corrected chi connectivity index (χ0v) is 12.7. The Hall–Kier alpha value is -2.80. The third-order valence-electron chi connectivity index (χ3n) is 2.64. The van der Waals surface area contributed by atoms with Crippen molar-refractivity contribution < 1.29 is 23.5 Å². The Labute approximate surface area is 136 Å². The van der Waals surface area contributed by atoms with Crippen LogP contribution in [0.5, 0.6) is 5.75 Å². The summed E-state index contributed by atoms with van der Waals surface area (Å²) >= 11 is 5.62. The molecule has 2 aromatic carbocycles. The van der Waals surface area contributed by atoms with E-state index in [1.165, 1.54) is 31.4 Å². The minimum atomic E-state index is -0.789. The summed E-state index contributed by atoms with van der Waals surface area (Å²) in [7, 11) is 1.23. The summed E-state index contributed by atoms with van der Waals surface area (Å²) in [5.74, 6) is -0.392. The summed E-state index contributed by atoms with van der Waals surface area (Å²) in [4.78, 5) is 22.9. The number of carbonyl (C=O) groups is 2. The van der Waals surface area contributed by atoms with Crippen molar-refractivity contribution in [1.29, 1.82) is 0 Å². The maximum Gasteiger partial charge on any atom is 0.417 e. The second kappa shape index (κ2) is 7.46. The molecule has 0 spiro atoms.